The van der Waals surface area contributed by atoms with E-state index in [0.29, 0.717) is 11.0 Å². The number of nitrogen functional groups attached to an aromatic ring is 1. The molecule has 0 radical (unpaired) electrons. The van der Waals surface area contributed by atoms with Crippen LogP contribution in [0.4, 0.5) is 5.82 Å². The summed E-state index contributed by atoms with van der Waals surface area (Å²) in [6, 6.07) is 1.30. The monoisotopic (exact) mass is 362 g/mol. The lowest BCUT2D eigenvalue weighted by Gasteiger charge is -2.21. The number of nitrogens with two attached hydrogens (primary N) is 1. The van der Waals surface area contributed by atoms with E-state index in [-0.39, 0.29) is 16.8 Å². The van der Waals surface area contributed by atoms with Gasteiger partial charge in [-0.05, 0) is 54.9 Å². The van der Waals surface area contributed by atoms with Crippen LogP contribution in [0.2, 0.25) is 0 Å². The average molecular weight is 363 g/mol. The average Bonchev–Trinajstić information content (AvgIpc) is 2.84. The molecule has 2 heterocycles. The highest BCUT2D eigenvalue weighted by Gasteiger charge is 2.23. The number of hydrogen-bond acceptors (Lipinski definition) is 5. The molecule has 0 saturated carbocycles. The van der Waals surface area contributed by atoms with E-state index in [0.717, 1.165) is 13.1 Å². The molecule has 8 heteroatoms. The van der Waals surface area contributed by atoms with Crippen molar-refractivity contribution in [3.63, 3.8) is 0 Å². The highest BCUT2D eigenvalue weighted by atomic mass is 79.9. The summed E-state index contributed by atoms with van der Waals surface area (Å²) in [6.07, 6.45) is 3.84. The Morgan fingerprint density at radius 2 is 2.15 bits per heavy atom. The molecule has 0 amide bonds. The van der Waals surface area contributed by atoms with Crippen molar-refractivity contribution < 1.29 is 8.42 Å². The highest BCUT2D eigenvalue weighted by molar-refractivity contribution is 9.10. The number of nitrogens with one attached hydrogen (secondary N) is 1. The van der Waals surface area contributed by atoms with Crippen molar-refractivity contribution in [3.05, 3.63) is 16.7 Å². The molecular weight excluding hydrogens is 344 g/mol. The maximum atomic E-state index is 12.3. The molecule has 20 heavy (non-hydrogen) atoms. The summed E-state index contributed by atoms with van der Waals surface area (Å²) in [7, 11) is -3.65. The van der Waals surface area contributed by atoms with Crippen molar-refractivity contribution in [3.8, 4) is 0 Å². The van der Waals surface area contributed by atoms with Gasteiger partial charge in [0.15, 0.2) is 0 Å². The SMILES string of the molecule is CC(CN1CCCC1)NS(=O)(=O)c1cc(Br)cnc1N. The smallest absolute Gasteiger partial charge is 0.244 e. The Morgan fingerprint density at radius 3 is 2.80 bits per heavy atom. The number of rotatable bonds is 5. The fourth-order valence-corrected chi connectivity index (χ4v) is 4.19. The Morgan fingerprint density at radius 1 is 1.50 bits per heavy atom. The minimum atomic E-state index is -3.65. The first-order valence-electron chi connectivity index (χ1n) is 6.54. The van der Waals surface area contributed by atoms with Crippen LogP contribution in [0.15, 0.2) is 21.6 Å². The van der Waals surface area contributed by atoms with Gasteiger partial charge in [-0.2, -0.15) is 0 Å². The van der Waals surface area contributed by atoms with Gasteiger partial charge in [0.25, 0.3) is 0 Å². The second kappa shape index (κ2) is 6.38. The highest BCUT2D eigenvalue weighted by Crippen LogP contribution is 2.20. The number of halogens is 1. The number of likely N-dealkylation sites (tertiary alicyclic amines) is 1. The van der Waals surface area contributed by atoms with E-state index >= 15 is 0 Å². The molecule has 112 valence electrons. The molecule has 1 aliphatic rings. The third kappa shape index (κ3) is 3.91. The van der Waals surface area contributed by atoms with E-state index in [1.54, 1.807) is 0 Å². The molecule has 1 aliphatic heterocycles. The first kappa shape index (κ1) is 15.7. The third-order valence-corrected chi connectivity index (χ3v) is 5.28. The van der Waals surface area contributed by atoms with Gasteiger partial charge in [0.1, 0.15) is 10.7 Å². The Labute approximate surface area is 127 Å². The van der Waals surface area contributed by atoms with Gasteiger partial charge in [0.2, 0.25) is 10.0 Å². The zero-order chi connectivity index (χ0) is 14.8. The second-order valence-electron chi connectivity index (χ2n) is 5.07. The van der Waals surface area contributed by atoms with E-state index in [4.69, 9.17) is 5.73 Å². The van der Waals surface area contributed by atoms with Gasteiger partial charge in [0, 0.05) is 23.3 Å². The lowest BCUT2D eigenvalue weighted by molar-refractivity contribution is 0.313. The van der Waals surface area contributed by atoms with Crippen LogP contribution >= 0.6 is 15.9 Å². The Bertz CT molecular complexity index is 573. The molecule has 0 bridgehead atoms. The van der Waals surface area contributed by atoms with Crippen LogP contribution in [-0.4, -0.2) is 44.0 Å². The largest absolute Gasteiger partial charge is 0.383 e. The van der Waals surface area contributed by atoms with Gasteiger partial charge >= 0.3 is 0 Å². The fourth-order valence-electron chi connectivity index (χ4n) is 2.36. The quantitative estimate of drug-likeness (QED) is 0.821. The number of hydrogen-bond donors (Lipinski definition) is 2. The van der Waals surface area contributed by atoms with E-state index in [2.05, 4.69) is 30.5 Å². The van der Waals surface area contributed by atoms with Crippen LogP contribution < -0.4 is 10.5 Å². The van der Waals surface area contributed by atoms with Gasteiger partial charge in [-0.3, -0.25) is 0 Å². The molecule has 1 aromatic heterocycles. The lowest BCUT2D eigenvalue weighted by Crippen LogP contribution is -2.41. The summed E-state index contributed by atoms with van der Waals surface area (Å²) in [5.74, 6) is 0.00840. The molecule has 1 saturated heterocycles. The van der Waals surface area contributed by atoms with Crippen LogP contribution in [0.25, 0.3) is 0 Å². The van der Waals surface area contributed by atoms with Crippen LogP contribution in [-0.2, 0) is 10.0 Å². The number of anilines is 1. The van der Waals surface area contributed by atoms with Crippen LogP contribution in [0, 0.1) is 0 Å². The lowest BCUT2D eigenvalue weighted by atomic mass is 10.3. The fraction of sp³-hybridized carbons (Fsp3) is 0.583. The standard InChI is InChI=1S/C12H19BrN4O2S/c1-9(8-17-4-2-3-5-17)16-20(18,19)11-6-10(13)7-15-12(11)14/h6-7,9,16H,2-5,8H2,1H3,(H2,14,15). The normalized spacial score (nSPS) is 18.3. The topological polar surface area (TPSA) is 88.3 Å². The van der Waals surface area contributed by atoms with Crippen LogP contribution in [0.5, 0.6) is 0 Å². The van der Waals surface area contributed by atoms with Crippen molar-refractivity contribution in [2.45, 2.75) is 30.7 Å². The van der Waals surface area contributed by atoms with E-state index in [1.807, 2.05) is 6.92 Å². The van der Waals surface area contributed by atoms with Crippen LogP contribution in [0.1, 0.15) is 19.8 Å². The first-order chi connectivity index (χ1) is 9.38. The zero-order valence-corrected chi connectivity index (χ0v) is 13.7. The van der Waals surface area contributed by atoms with Crippen LogP contribution in [0.3, 0.4) is 0 Å². The summed E-state index contributed by atoms with van der Waals surface area (Å²) in [6.45, 7) is 4.64. The predicted molar refractivity (Wildman–Crippen MR) is 81.8 cm³/mol. The molecule has 1 aromatic rings. The van der Waals surface area contributed by atoms with Crippen molar-refractivity contribution in [2.75, 3.05) is 25.4 Å². The van der Waals surface area contributed by atoms with Crippen molar-refractivity contribution in [1.29, 1.82) is 0 Å². The maximum Gasteiger partial charge on any atom is 0.244 e. The molecule has 3 N–H and O–H groups in total. The van der Waals surface area contributed by atoms with Gasteiger partial charge in [-0.1, -0.05) is 0 Å². The number of pyridine rings is 1. The van der Waals surface area contributed by atoms with Gasteiger partial charge in [0.05, 0.1) is 0 Å². The molecule has 1 fully saturated rings. The minimum Gasteiger partial charge on any atom is -0.383 e. The van der Waals surface area contributed by atoms with Crippen molar-refractivity contribution >= 4 is 31.8 Å². The van der Waals surface area contributed by atoms with Gasteiger partial charge in [-0.25, -0.2) is 18.1 Å². The van der Waals surface area contributed by atoms with Crippen molar-refractivity contribution in [2.24, 2.45) is 0 Å². The molecule has 0 aliphatic carbocycles. The molecule has 2 rings (SSSR count). The Kier molecular flexibility index (Phi) is 5.00. The number of nitrogens with zero attached hydrogens (tertiary/aromatic N) is 2. The number of sulfonamides is 1. The number of aromatic nitrogens is 1. The minimum absolute atomic E-state index is 0.00840. The summed E-state index contributed by atoms with van der Waals surface area (Å²) in [4.78, 5) is 6.13. The Hall–Kier alpha value is -0.700. The van der Waals surface area contributed by atoms with E-state index in [9.17, 15) is 8.42 Å². The van der Waals surface area contributed by atoms with Crippen molar-refractivity contribution in [1.82, 2.24) is 14.6 Å². The molecule has 1 atom stereocenters. The maximum absolute atomic E-state index is 12.3. The molecular formula is C12H19BrN4O2S. The molecule has 0 spiro atoms. The third-order valence-electron chi connectivity index (χ3n) is 3.22. The Balaban J connectivity index is 2.08. The van der Waals surface area contributed by atoms with Gasteiger partial charge < -0.3 is 10.6 Å². The summed E-state index contributed by atoms with van der Waals surface area (Å²) < 4.78 is 27.9. The van der Waals surface area contributed by atoms with Gasteiger partial charge in [-0.15, -0.1) is 0 Å². The molecule has 1 unspecified atom stereocenters. The molecule has 0 aromatic carbocycles. The van der Waals surface area contributed by atoms with E-state index in [1.165, 1.54) is 25.1 Å². The molecule has 6 nitrogen and oxygen atoms in total. The summed E-state index contributed by atoms with van der Waals surface area (Å²) in [5.41, 5.74) is 5.65. The van der Waals surface area contributed by atoms with E-state index < -0.39 is 10.0 Å². The first-order valence-corrected chi connectivity index (χ1v) is 8.82. The summed E-state index contributed by atoms with van der Waals surface area (Å²) >= 11 is 3.21. The zero-order valence-electron chi connectivity index (χ0n) is 11.3. The summed E-state index contributed by atoms with van der Waals surface area (Å²) in [5, 5.41) is 0. The predicted octanol–water partition coefficient (Wildman–Crippen LogP) is 1.19. The second-order valence-corrected chi connectivity index (χ2v) is 7.67.